The fraction of sp³-hybridized carbons (Fsp3) is 0.179. The molecule has 3 aliphatic rings. The van der Waals surface area contributed by atoms with Crippen LogP contribution in [0.25, 0.3) is 6.08 Å². The first kappa shape index (κ1) is 23.6. The summed E-state index contributed by atoms with van der Waals surface area (Å²) in [7, 11) is 1.49. The summed E-state index contributed by atoms with van der Waals surface area (Å²) in [5, 5.41) is 3.80. The number of nitrogens with zero attached hydrogens (tertiary/aromatic N) is 2. The van der Waals surface area contributed by atoms with Gasteiger partial charge in [0.05, 0.1) is 36.4 Å². The van der Waals surface area contributed by atoms with Gasteiger partial charge in [-0.3, -0.25) is 14.4 Å². The lowest BCUT2D eigenvalue weighted by atomic mass is 9.84. The van der Waals surface area contributed by atoms with Crippen molar-refractivity contribution in [2.45, 2.75) is 12.1 Å². The molecule has 9 heteroatoms. The number of carbonyl (C=O) groups excluding carboxylic acids is 3. The van der Waals surface area contributed by atoms with Crippen LogP contribution in [-0.4, -0.2) is 35.8 Å². The quantitative estimate of drug-likeness (QED) is 0.469. The second-order valence-electron chi connectivity index (χ2n) is 9.16. The van der Waals surface area contributed by atoms with E-state index in [9.17, 15) is 14.4 Å². The first-order valence-corrected chi connectivity index (χ1v) is 12.5. The fourth-order valence-corrected chi connectivity index (χ4v) is 5.98. The van der Waals surface area contributed by atoms with Crippen molar-refractivity contribution in [3.8, 4) is 5.75 Å². The highest BCUT2D eigenvalue weighted by molar-refractivity contribution is 6.31. The Morgan fingerprint density at radius 2 is 1.62 bits per heavy atom. The van der Waals surface area contributed by atoms with Crippen molar-refractivity contribution in [3.05, 3.63) is 94.1 Å². The second kappa shape index (κ2) is 8.94. The standard InChI is InChI=1S/C28H21Cl2N3O4/c1-37-21-11-8-17(30)14-20(21)31-26(34)25-23-22(24-19-5-3-2-4-15(19)12-13-32(24)25)27(35)33(28(23)36)18-9-6-16(29)7-10-18/h2-14,22-25H,1H3,(H,31,34)/t22-,23+,24+,25-/m0/s1. The number of imide groups is 1. The topological polar surface area (TPSA) is 79.0 Å². The predicted octanol–water partition coefficient (Wildman–Crippen LogP) is 5.16. The molecule has 37 heavy (non-hydrogen) atoms. The summed E-state index contributed by atoms with van der Waals surface area (Å²) in [6.07, 6.45) is 3.71. The molecule has 0 radical (unpaired) electrons. The smallest absolute Gasteiger partial charge is 0.248 e. The van der Waals surface area contributed by atoms with E-state index in [1.165, 1.54) is 12.0 Å². The Labute approximate surface area is 223 Å². The minimum absolute atomic E-state index is 0.340. The highest BCUT2D eigenvalue weighted by atomic mass is 35.5. The molecule has 3 aromatic carbocycles. The Balaban J connectivity index is 1.44. The Morgan fingerprint density at radius 3 is 2.38 bits per heavy atom. The molecule has 4 atom stereocenters. The van der Waals surface area contributed by atoms with Crippen molar-refractivity contribution in [2.75, 3.05) is 17.3 Å². The van der Waals surface area contributed by atoms with E-state index in [4.69, 9.17) is 27.9 Å². The minimum Gasteiger partial charge on any atom is -0.495 e. The molecule has 1 N–H and O–H groups in total. The van der Waals surface area contributed by atoms with Crippen molar-refractivity contribution in [3.63, 3.8) is 0 Å². The molecule has 0 aliphatic carbocycles. The van der Waals surface area contributed by atoms with E-state index in [0.717, 1.165) is 11.1 Å². The van der Waals surface area contributed by atoms with Gasteiger partial charge < -0.3 is 15.0 Å². The molecule has 0 bridgehead atoms. The summed E-state index contributed by atoms with van der Waals surface area (Å²) in [5.74, 6) is -2.40. The molecule has 3 aliphatic heterocycles. The van der Waals surface area contributed by atoms with Crippen LogP contribution in [0.2, 0.25) is 10.0 Å². The van der Waals surface area contributed by atoms with E-state index in [2.05, 4.69) is 5.32 Å². The molecule has 6 rings (SSSR count). The zero-order chi connectivity index (χ0) is 25.8. The second-order valence-corrected chi connectivity index (χ2v) is 10.0. The molecule has 0 saturated carbocycles. The first-order chi connectivity index (χ1) is 17.9. The van der Waals surface area contributed by atoms with Crippen LogP contribution in [0, 0.1) is 11.8 Å². The number of fused-ring (bicyclic) bond motifs is 5. The highest BCUT2D eigenvalue weighted by Crippen LogP contribution is 2.53. The zero-order valence-electron chi connectivity index (χ0n) is 19.6. The van der Waals surface area contributed by atoms with Crippen LogP contribution < -0.4 is 15.0 Å². The van der Waals surface area contributed by atoms with Gasteiger partial charge in [0, 0.05) is 16.2 Å². The van der Waals surface area contributed by atoms with E-state index in [1.807, 2.05) is 35.2 Å². The molecule has 0 spiro atoms. The van der Waals surface area contributed by atoms with Gasteiger partial charge in [0.15, 0.2) is 0 Å². The summed E-state index contributed by atoms with van der Waals surface area (Å²) in [6, 6.07) is 17.7. The molecular weight excluding hydrogens is 513 g/mol. The lowest BCUT2D eigenvalue weighted by Crippen LogP contribution is -2.46. The fourth-order valence-electron chi connectivity index (χ4n) is 5.69. The number of carbonyl (C=O) groups is 3. The van der Waals surface area contributed by atoms with E-state index in [0.29, 0.717) is 27.2 Å². The number of nitrogens with one attached hydrogen (secondary N) is 1. The Hall–Kier alpha value is -3.81. The van der Waals surface area contributed by atoms with Crippen LogP contribution in [0.3, 0.4) is 0 Å². The number of methoxy groups -OCH3 is 1. The summed E-state index contributed by atoms with van der Waals surface area (Å²) in [4.78, 5) is 44.6. The maximum absolute atomic E-state index is 13.9. The van der Waals surface area contributed by atoms with Gasteiger partial charge in [0.1, 0.15) is 11.8 Å². The molecule has 2 saturated heterocycles. The van der Waals surface area contributed by atoms with E-state index in [1.54, 1.807) is 48.7 Å². The third kappa shape index (κ3) is 3.69. The summed E-state index contributed by atoms with van der Waals surface area (Å²) < 4.78 is 5.39. The number of hydrogen-bond acceptors (Lipinski definition) is 5. The zero-order valence-corrected chi connectivity index (χ0v) is 21.1. The highest BCUT2D eigenvalue weighted by Gasteiger charge is 2.64. The van der Waals surface area contributed by atoms with Crippen LogP contribution in [0.15, 0.2) is 72.9 Å². The van der Waals surface area contributed by atoms with Crippen molar-refractivity contribution >= 4 is 58.4 Å². The number of anilines is 2. The monoisotopic (exact) mass is 533 g/mol. The Morgan fingerprint density at radius 1 is 0.919 bits per heavy atom. The summed E-state index contributed by atoms with van der Waals surface area (Å²) in [5.41, 5.74) is 2.66. The van der Waals surface area contributed by atoms with Crippen molar-refractivity contribution in [1.29, 1.82) is 0 Å². The maximum Gasteiger partial charge on any atom is 0.248 e. The SMILES string of the molecule is COc1ccc(Cl)cc1NC(=O)[C@@H]1[C@@H]2C(=O)N(c3ccc(Cl)cc3)C(=O)[C@@H]2[C@H]2c3ccccc3C=CN12. The van der Waals surface area contributed by atoms with Crippen molar-refractivity contribution < 1.29 is 19.1 Å². The normalized spacial score (nSPS) is 23.5. The van der Waals surface area contributed by atoms with Crippen molar-refractivity contribution in [2.24, 2.45) is 11.8 Å². The number of ether oxygens (including phenoxy) is 1. The van der Waals surface area contributed by atoms with Gasteiger partial charge in [0.2, 0.25) is 17.7 Å². The average Bonchev–Trinajstić information content (AvgIpc) is 3.37. The molecule has 0 aromatic heterocycles. The van der Waals surface area contributed by atoms with Crippen LogP contribution in [-0.2, 0) is 14.4 Å². The minimum atomic E-state index is -0.933. The number of hydrogen-bond donors (Lipinski definition) is 1. The lowest BCUT2D eigenvalue weighted by molar-refractivity contribution is -0.128. The molecule has 2 fully saturated rings. The predicted molar refractivity (Wildman–Crippen MR) is 141 cm³/mol. The van der Waals surface area contributed by atoms with Gasteiger partial charge in [-0.2, -0.15) is 0 Å². The molecule has 186 valence electrons. The maximum atomic E-state index is 13.9. The molecule has 3 amide bonds. The number of benzene rings is 3. The van der Waals surface area contributed by atoms with Crippen LogP contribution >= 0.6 is 23.2 Å². The summed E-state index contributed by atoms with van der Waals surface area (Å²) in [6.45, 7) is 0. The van der Waals surface area contributed by atoms with Gasteiger partial charge in [-0.1, -0.05) is 47.5 Å². The average molecular weight is 534 g/mol. The molecule has 0 unspecified atom stereocenters. The first-order valence-electron chi connectivity index (χ1n) is 11.7. The van der Waals surface area contributed by atoms with Crippen LogP contribution in [0.5, 0.6) is 5.75 Å². The van der Waals surface area contributed by atoms with Crippen LogP contribution in [0.1, 0.15) is 17.2 Å². The van der Waals surface area contributed by atoms with Gasteiger partial charge in [-0.05, 0) is 59.7 Å². The number of halogens is 2. The van der Waals surface area contributed by atoms with Crippen molar-refractivity contribution in [1.82, 2.24) is 4.90 Å². The summed E-state index contributed by atoms with van der Waals surface area (Å²) >= 11 is 12.2. The number of amides is 3. The lowest BCUT2D eigenvalue weighted by Gasteiger charge is -2.35. The van der Waals surface area contributed by atoms with E-state index in [-0.39, 0.29) is 5.91 Å². The largest absolute Gasteiger partial charge is 0.495 e. The van der Waals surface area contributed by atoms with Crippen LogP contribution in [0.4, 0.5) is 11.4 Å². The third-order valence-corrected chi connectivity index (χ3v) is 7.72. The molecule has 3 aromatic rings. The van der Waals surface area contributed by atoms with Gasteiger partial charge >= 0.3 is 0 Å². The van der Waals surface area contributed by atoms with Gasteiger partial charge in [-0.15, -0.1) is 0 Å². The molecular formula is C28H21Cl2N3O4. The molecule has 3 heterocycles. The Kier molecular flexibility index (Phi) is 5.70. The van der Waals surface area contributed by atoms with Gasteiger partial charge in [0.25, 0.3) is 0 Å². The van der Waals surface area contributed by atoms with E-state index >= 15 is 0 Å². The van der Waals surface area contributed by atoms with E-state index < -0.39 is 35.7 Å². The number of rotatable bonds is 4. The van der Waals surface area contributed by atoms with Gasteiger partial charge in [-0.25, -0.2) is 4.90 Å². The third-order valence-electron chi connectivity index (χ3n) is 7.23. The molecule has 7 nitrogen and oxygen atoms in total. The Bertz CT molecular complexity index is 1470.